The Morgan fingerprint density at radius 1 is 1.26 bits per heavy atom. The van der Waals surface area contributed by atoms with Gasteiger partial charge in [0.25, 0.3) is 5.91 Å². The van der Waals surface area contributed by atoms with Crippen molar-refractivity contribution in [2.75, 3.05) is 6.61 Å². The van der Waals surface area contributed by atoms with Gasteiger partial charge in [0.05, 0.1) is 16.4 Å². The minimum atomic E-state index is -0.698. The summed E-state index contributed by atoms with van der Waals surface area (Å²) in [5, 5.41) is 4.90. The number of rotatable bonds is 7. The number of ether oxygens (including phenoxy) is 1. The summed E-state index contributed by atoms with van der Waals surface area (Å²) in [7, 11) is 0. The first kappa shape index (κ1) is 18.7. The van der Waals surface area contributed by atoms with Gasteiger partial charge in [-0.1, -0.05) is 11.2 Å². The summed E-state index contributed by atoms with van der Waals surface area (Å²) in [4.78, 5) is 31.9. The van der Waals surface area contributed by atoms with Gasteiger partial charge in [-0.05, 0) is 32.4 Å². The van der Waals surface area contributed by atoms with Crippen molar-refractivity contribution < 1.29 is 18.8 Å². The van der Waals surface area contributed by atoms with Gasteiger partial charge in [0.2, 0.25) is 0 Å². The molecule has 1 amide bonds. The third-order valence-corrected chi connectivity index (χ3v) is 5.05. The molecule has 8 nitrogen and oxygen atoms in total. The summed E-state index contributed by atoms with van der Waals surface area (Å²) in [5.41, 5.74) is 7.97. The Hall–Kier alpha value is -3.07. The summed E-state index contributed by atoms with van der Waals surface area (Å²) in [6.45, 7) is 3.14. The van der Waals surface area contributed by atoms with E-state index < -0.39 is 18.5 Å². The molecule has 0 aliphatic rings. The van der Waals surface area contributed by atoms with Gasteiger partial charge in [-0.2, -0.15) is 0 Å². The van der Waals surface area contributed by atoms with Crippen LogP contribution in [0, 0.1) is 13.8 Å². The van der Waals surface area contributed by atoms with Gasteiger partial charge in [0.1, 0.15) is 16.3 Å². The van der Waals surface area contributed by atoms with Crippen LogP contribution in [0.25, 0.3) is 11.4 Å². The van der Waals surface area contributed by atoms with Gasteiger partial charge in [0.15, 0.2) is 6.61 Å². The average Bonchev–Trinajstić information content (AvgIpc) is 3.21. The van der Waals surface area contributed by atoms with Crippen LogP contribution in [0.1, 0.15) is 31.7 Å². The SMILES string of the molecule is Cc1nc(CCc2c(-c3ccccn3)noc2C)sc1C(=O)OCC(N)=O. The maximum atomic E-state index is 12.0. The van der Waals surface area contributed by atoms with Crippen molar-refractivity contribution in [3.05, 3.63) is 51.3 Å². The van der Waals surface area contributed by atoms with Gasteiger partial charge in [-0.25, -0.2) is 9.78 Å². The number of nitrogens with two attached hydrogens (primary N) is 1. The van der Waals surface area contributed by atoms with E-state index in [1.165, 1.54) is 11.3 Å². The number of aryl methyl sites for hydroxylation is 3. The average molecular weight is 386 g/mol. The van der Waals surface area contributed by atoms with Crippen molar-refractivity contribution in [3.63, 3.8) is 0 Å². The Balaban J connectivity index is 1.73. The van der Waals surface area contributed by atoms with Crippen molar-refractivity contribution in [3.8, 4) is 11.4 Å². The third kappa shape index (κ3) is 4.37. The normalized spacial score (nSPS) is 10.7. The zero-order valence-electron chi connectivity index (χ0n) is 14.9. The summed E-state index contributed by atoms with van der Waals surface area (Å²) >= 11 is 1.24. The molecule has 0 atom stereocenters. The van der Waals surface area contributed by atoms with E-state index in [0.717, 1.165) is 22.0 Å². The molecule has 2 N–H and O–H groups in total. The zero-order valence-corrected chi connectivity index (χ0v) is 15.7. The van der Waals surface area contributed by atoms with E-state index in [1.807, 2.05) is 25.1 Å². The van der Waals surface area contributed by atoms with Crippen LogP contribution in [-0.2, 0) is 22.4 Å². The predicted molar refractivity (Wildman–Crippen MR) is 98.2 cm³/mol. The zero-order chi connectivity index (χ0) is 19.4. The second-order valence-electron chi connectivity index (χ2n) is 5.85. The van der Waals surface area contributed by atoms with Crippen molar-refractivity contribution in [2.24, 2.45) is 5.73 Å². The molecular weight excluding hydrogens is 368 g/mol. The minimum Gasteiger partial charge on any atom is -0.451 e. The van der Waals surface area contributed by atoms with E-state index in [-0.39, 0.29) is 0 Å². The Bertz CT molecular complexity index is 965. The number of carbonyl (C=O) groups is 2. The number of carbonyl (C=O) groups excluding carboxylic acids is 2. The molecule has 3 aromatic rings. The lowest BCUT2D eigenvalue weighted by atomic mass is 10.1. The lowest BCUT2D eigenvalue weighted by Gasteiger charge is -2.01. The molecule has 0 bridgehead atoms. The van der Waals surface area contributed by atoms with E-state index in [1.54, 1.807) is 13.1 Å². The van der Waals surface area contributed by atoms with Crippen LogP contribution in [0.15, 0.2) is 28.9 Å². The first-order valence-corrected chi connectivity index (χ1v) is 9.05. The van der Waals surface area contributed by atoms with Gasteiger partial charge < -0.3 is 15.0 Å². The van der Waals surface area contributed by atoms with E-state index in [2.05, 4.69) is 15.1 Å². The molecule has 0 saturated carbocycles. The summed E-state index contributed by atoms with van der Waals surface area (Å²) in [5.74, 6) is -0.564. The Morgan fingerprint density at radius 3 is 2.78 bits per heavy atom. The highest BCUT2D eigenvalue weighted by atomic mass is 32.1. The number of esters is 1. The summed E-state index contributed by atoms with van der Waals surface area (Å²) < 4.78 is 10.2. The highest BCUT2D eigenvalue weighted by Gasteiger charge is 2.19. The van der Waals surface area contributed by atoms with Crippen molar-refractivity contribution in [2.45, 2.75) is 26.7 Å². The van der Waals surface area contributed by atoms with Crippen LogP contribution >= 0.6 is 11.3 Å². The molecule has 0 aliphatic heterocycles. The minimum absolute atomic E-state index is 0.373. The largest absolute Gasteiger partial charge is 0.451 e. The second-order valence-corrected chi connectivity index (χ2v) is 6.93. The van der Waals surface area contributed by atoms with Crippen LogP contribution in [0.5, 0.6) is 0 Å². The molecule has 0 fully saturated rings. The molecule has 0 aromatic carbocycles. The number of nitrogens with zero attached hydrogens (tertiary/aromatic N) is 3. The van der Waals surface area contributed by atoms with Gasteiger partial charge in [-0.15, -0.1) is 11.3 Å². The fourth-order valence-electron chi connectivity index (χ4n) is 2.57. The molecule has 0 unspecified atom stereocenters. The van der Waals surface area contributed by atoms with Gasteiger partial charge in [0, 0.05) is 18.2 Å². The molecule has 3 aromatic heterocycles. The fraction of sp³-hybridized carbons (Fsp3) is 0.278. The first-order chi connectivity index (χ1) is 13.0. The van der Waals surface area contributed by atoms with Crippen LogP contribution in [0.2, 0.25) is 0 Å². The number of aromatic nitrogens is 3. The molecule has 3 heterocycles. The first-order valence-electron chi connectivity index (χ1n) is 8.24. The molecule has 140 valence electrons. The van der Waals surface area contributed by atoms with Crippen LogP contribution in [0.4, 0.5) is 0 Å². The maximum absolute atomic E-state index is 12.0. The highest BCUT2D eigenvalue weighted by molar-refractivity contribution is 7.13. The Morgan fingerprint density at radius 2 is 2.07 bits per heavy atom. The van der Waals surface area contributed by atoms with Crippen LogP contribution < -0.4 is 5.73 Å². The standard InChI is InChI=1S/C18H18N4O4S/c1-10-17(18(24)25-9-14(19)23)27-15(21-10)7-6-12-11(2)26-22-16(12)13-5-3-4-8-20-13/h3-5,8H,6-7,9H2,1-2H3,(H2,19,23). The van der Waals surface area contributed by atoms with Gasteiger partial charge in [-0.3, -0.25) is 9.78 Å². The molecule has 9 heteroatoms. The lowest BCUT2D eigenvalue weighted by Crippen LogP contribution is -2.20. The molecule has 0 aliphatic carbocycles. The van der Waals surface area contributed by atoms with Crippen molar-refractivity contribution >= 4 is 23.2 Å². The quantitative estimate of drug-likeness (QED) is 0.618. The van der Waals surface area contributed by atoms with E-state index in [0.29, 0.717) is 29.1 Å². The number of pyridine rings is 1. The number of primary amides is 1. The van der Waals surface area contributed by atoms with Crippen molar-refractivity contribution in [1.29, 1.82) is 0 Å². The summed E-state index contributed by atoms with van der Waals surface area (Å²) in [6, 6.07) is 5.61. The molecule has 27 heavy (non-hydrogen) atoms. The molecular formula is C18H18N4O4S. The fourth-order valence-corrected chi connectivity index (χ4v) is 3.53. The lowest BCUT2D eigenvalue weighted by molar-refractivity contribution is -0.121. The molecule has 0 saturated heterocycles. The van der Waals surface area contributed by atoms with Gasteiger partial charge >= 0.3 is 5.97 Å². The number of thiazole rings is 1. The topological polar surface area (TPSA) is 121 Å². The summed E-state index contributed by atoms with van der Waals surface area (Å²) in [6.07, 6.45) is 2.96. The smallest absolute Gasteiger partial charge is 0.350 e. The Kier molecular flexibility index (Phi) is 5.60. The number of hydrogen-bond donors (Lipinski definition) is 1. The molecule has 0 spiro atoms. The predicted octanol–water partition coefficient (Wildman–Crippen LogP) is 2.24. The molecule has 3 rings (SSSR count). The van der Waals surface area contributed by atoms with E-state index in [4.69, 9.17) is 15.0 Å². The van der Waals surface area contributed by atoms with E-state index in [9.17, 15) is 9.59 Å². The second kappa shape index (κ2) is 8.09. The van der Waals surface area contributed by atoms with Crippen LogP contribution in [-0.4, -0.2) is 33.6 Å². The van der Waals surface area contributed by atoms with Crippen LogP contribution in [0.3, 0.4) is 0 Å². The molecule has 0 radical (unpaired) electrons. The number of hydrogen-bond acceptors (Lipinski definition) is 8. The maximum Gasteiger partial charge on any atom is 0.350 e. The number of amides is 1. The monoisotopic (exact) mass is 386 g/mol. The highest BCUT2D eigenvalue weighted by Crippen LogP contribution is 2.26. The van der Waals surface area contributed by atoms with Crippen molar-refractivity contribution in [1.82, 2.24) is 15.1 Å². The van der Waals surface area contributed by atoms with E-state index >= 15 is 0 Å². The third-order valence-electron chi connectivity index (χ3n) is 3.85. The Labute approximate surface area is 159 Å².